The molecule has 2 aromatic rings. The maximum Gasteiger partial charge on any atom is 0.229 e. The molecule has 0 spiro atoms. The van der Waals surface area contributed by atoms with E-state index in [-0.39, 0.29) is 11.8 Å². The van der Waals surface area contributed by atoms with Crippen LogP contribution in [0.4, 0.5) is 5.82 Å². The first-order valence-electron chi connectivity index (χ1n) is 7.85. The summed E-state index contributed by atoms with van der Waals surface area (Å²) in [6.07, 6.45) is 5.10. The minimum atomic E-state index is -0.0477. The summed E-state index contributed by atoms with van der Waals surface area (Å²) in [5, 5.41) is 3.91. The fourth-order valence-corrected chi connectivity index (χ4v) is 3.20. The van der Waals surface area contributed by atoms with Crippen LogP contribution in [-0.4, -0.2) is 33.9 Å². The number of nitrogens with zero attached hydrogens (tertiary/aromatic N) is 3. The van der Waals surface area contributed by atoms with E-state index in [1.54, 1.807) is 18.3 Å². The maximum absolute atomic E-state index is 12.5. The topological polar surface area (TPSA) is 58.1 Å². The Morgan fingerprint density at radius 3 is 2.92 bits per heavy atom. The third kappa shape index (κ3) is 4.66. The Kier molecular flexibility index (Phi) is 5.66. The highest BCUT2D eigenvalue weighted by atomic mass is 35.5. The van der Waals surface area contributed by atoms with E-state index in [9.17, 15) is 4.79 Å². The summed E-state index contributed by atoms with van der Waals surface area (Å²) >= 11 is 11.7. The predicted molar refractivity (Wildman–Crippen MR) is 95.1 cm³/mol. The molecule has 1 aliphatic heterocycles. The second kappa shape index (κ2) is 7.92. The molecule has 24 heavy (non-hydrogen) atoms. The molecule has 126 valence electrons. The van der Waals surface area contributed by atoms with Gasteiger partial charge >= 0.3 is 0 Å². The van der Waals surface area contributed by atoms with Crippen LogP contribution in [0.25, 0.3) is 0 Å². The number of anilines is 1. The molecule has 0 aliphatic carbocycles. The van der Waals surface area contributed by atoms with Crippen molar-refractivity contribution in [2.75, 3.05) is 18.4 Å². The van der Waals surface area contributed by atoms with Crippen molar-refractivity contribution in [3.63, 3.8) is 0 Å². The molecule has 3 heterocycles. The first-order chi connectivity index (χ1) is 11.6. The molecule has 1 atom stereocenters. The van der Waals surface area contributed by atoms with Crippen molar-refractivity contribution in [3.05, 3.63) is 52.4 Å². The number of likely N-dealkylation sites (tertiary alicyclic amines) is 1. The van der Waals surface area contributed by atoms with Gasteiger partial charge in [0.1, 0.15) is 11.0 Å². The van der Waals surface area contributed by atoms with Crippen molar-refractivity contribution in [2.45, 2.75) is 19.4 Å². The molecular formula is C17H18Cl2N4O. The van der Waals surface area contributed by atoms with Gasteiger partial charge in [0, 0.05) is 25.5 Å². The van der Waals surface area contributed by atoms with Crippen LogP contribution in [0.1, 0.15) is 18.4 Å². The van der Waals surface area contributed by atoms with Crippen molar-refractivity contribution in [3.8, 4) is 0 Å². The van der Waals surface area contributed by atoms with Crippen LogP contribution in [0, 0.1) is 5.92 Å². The number of halogens is 2. The van der Waals surface area contributed by atoms with E-state index in [1.807, 2.05) is 12.1 Å². The number of piperidine rings is 1. The van der Waals surface area contributed by atoms with Gasteiger partial charge in [0.25, 0.3) is 0 Å². The van der Waals surface area contributed by atoms with E-state index in [1.165, 1.54) is 6.20 Å². The molecule has 0 radical (unpaired) electrons. The fraction of sp³-hybridized carbons (Fsp3) is 0.353. The molecule has 0 saturated carbocycles. The van der Waals surface area contributed by atoms with Gasteiger partial charge in [-0.05, 0) is 49.2 Å². The van der Waals surface area contributed by atoms with Crippen LogP contribution < -0.4 is 5.32 Å². The molecule has 0 aromatic carbocycles. The Labute approximate surface area is 151 Å². The monoisotopic (exact) mass is 364 g/mol. The van der Waals surface area contributed by atoms with Gasteiger partial charge in [0.2, 0.25) is 5.91 Å². The lowest BCUT2D eigenvalue weighted by Gasteiger charge is -2.31. The number of carbonyl (C=O) groups is 1. The van der Waals surface area contributed by atoms with Gasteiger partial charge in [-0.2, -0.15) is 0 Å². The summed E-state index contributed by atoms with van der Waals surface area (Å²) in [5.74, 6) is 0.484. The Bertz CT molecular complexity index is 708. The summed E-state index contributed by atoms with van der Waals surface area (Å²) < 4.78 is 0. The van der Waals surface area contributed by atoms with Crippen LogP contribution >= 0.6 is 23.2 Å². The SMILES string of the molecule is O=C(Nc1ccc(Cl)cn1)C1CCCN(Cc2ccnc(Cl)c2)C1. The normalized spacial score (nSPS) is 18.3. The van der Waals surface area contributed by atoms with Crippen molar-refractivity contribution < 1.29 is 4.79 Å². The third-order valence-corrected chi connectivity index (χ3v) is 4.48. The van der Waals surface area contributed by atoms with Crippen molar-refractivity contribution in [2.24, 2.45) is 5.92 Å². The fourth-order valence-electron chi connectivity index (χ4n) is 2.89. The van der Waals surface area contributed by atoms with E-state index in [0.29, 0.717) is 16.0 Å². The number of aromatic nitrogens is 2. The van der Waals surface area contributed by atoms with E-state index in [2.05, 4.69) is 20.2 Å². The third-order valence-electron chi connectivity index (χ3n) is 4.05. The molecule has 1 aliphatic rings. The zero-order valence-corrected chi connectivity index (χ0v) is 14.6. The lowest BCUT2D eigenvalue weighted by molar-refractivity contribution is -0.121. The van der Waals surface area contributed by atoms with Gasteiger partial charge in [0.05, 0.1) is 10.9 Å². The van der Waals surface area contributed by atoms with Gasteiger partial charge < -0.3 is 5.32 Å². The second-order valence-corrected chi connectivity index (χ2v) is 6.74. The van der Waals surface area contributed by atoms with Gasteiger partial charge in [-0.25, -0.2) is 9.97 Å². The molecule has 0 bridgehead atoms. The minimum Gasteiger partial charge on any atom is -0.310 e. The molecule has 1 saturated heterocycles. The molecule has 2 aromatic heterocycles. The Hall–Kier alpha value is -1.69. The predicted octanol–water partition coefficient (Wildman–Crippen LogP) is 3.63. The number of nitrogens with one attached hydrogen (secondary N) is 1. The van der Waals surface area contributed by atoms with E-state index in [0.717, 1.165) is 38.0 Å². The molecule has 1 unspecified atom stereocenters. The lowest BCUT2D eigenvalue weighted by atomic mass is 9.96. The zero-order valence-electron chi connectivity index (χ0n) is 13.1. The summed E-state index contributed by atoms with van der Waals surface area (Å²) in [7, 11) is 0. The summed E-state index contributed by atoms with van der Waals surface area (Å²) in [6, 6.07) is 7.24. The molecule has 3 rings (SSSR count). The number of rotatable bonds is 4. The zero-order chi connectivity index (χ0) is 16.9. The molecule has 5 nitrogen and oxygen atoms in total. The Morgan fingerprint density at radius 2 is 2.17 bits per heavy atom. The molecule has 1 amide bonds. The molecular weight excluding hydrogens is 347 g/mol. The second-order valence-electron chi connectivity index (χ2n) is 5.91. The average Bonchev–Trinajstić information content (AvgIpc) is 2.57. The largest absolute Gasteiger partial charge is 0.310 e. The number of hydrogen-bond acceptors (Lipinski definition) is 4. The van der Waals surface area contributed by atoms with Crippen LogP contribution in [0.2, 0.25) is 10.2 Å². The summed E-state index contributed by atoms with van der Waals surface area (Å²) in [5.41, 5.74) is 1.11. The number of hydrogen-bond donors (Lipinski definition) is 1. The molecule has 1 fully saturated rings. The van der Waals surface area contributed by atoms with Gasteiger partial charge in [-0.15, -0.1) is 0 Å². The highest BCUT2D eigenvalue weighted by molar-refractivity contribution is 6.30. The van der Waals surface area contributed by atoms with E-state index in [4.69, 9.17) is 23.2 Å². The van der Waals surface area contributed by atoms with Crippen LogP contribution in [0.3, 0.4) is 0 Å². The standard InChI is InChI=1S/C17H18Cl2N4O/c18-14-3-4-16(21-9-14)22-17(24)13-2-1-7-23(11-13)10-12-5-6-20-15(19)8-12/h3-6,8-9,13H,1-2,7,10-11H2,(H,21,22,24). The molecule has 1 N–H and O–H groups in total. The number of amides is 1. The van der Waals surface area contributed by atoms with Gasteiger partial charge in [-0.1, -0.05) is 23.2 Å². The maximum atomic E-state index is 12.5. The van der Waals surface area contributed by atoms with Crippen molar-refractivity contribution in [1.82, 2.24) is 14.9 Å². The van der Waals surface area contributed by atoms with E-state index >= 15 is 0 Å². The quantitative estimate of drug-likeness (QED) is 0.841. The highest BCUT2D eigenvalue weighted by Gasteiger charge is 2.26. The summed E-state index contributed by atoms with van der Waals surface area (Å²) in [6.45, 7) is 2.47. The van der Waals surface area contributed by atoms with Crippen LogP contribution in [0.5, 0.6) is 0 Å². The van der Waals surface area contributed by atoms with Gasteiger partial charge in [0.15, 0.2) is 0 Å². The first kappa shape index (κ1) is 17.1. The van der Waals surface area contributed by atoms with Crippen molar-refractivity contribution in [1.29, 1.82) is 0 Å². The highest BCUT2D eigenvalue weighted by Crippen LogP contribution is 2.21. The first-order valence-corrected chi connectivity index (χ1v) is 8.61. The summed E-state index contributed by atoms with van der Waals surface area (Å²) in [4.78, 5) is 22.8. The van der Waals surface area contributed by atoms with Crippen molar-refractivity contribution >= 4 is 34.9 Å². The van der Waals surface area contributed by atoms with Crippen LogP contribution in [0.15, 0.2) is 36.7 Å². The minimum absolute atomic E-state index is 0.00211. The van der Waals surface area contributed by atoms with Crippen LogP contribution in [-0.2, 0) is 11.3 Å². The molecule has 7 heteroatoms. The average molecular weight is 365 g/mol. The Balaban J connectivity index is 1.58. The Morgan fingerprint density at radius 1 is 1.29 bits per heavy atom. The van der Waals surface area contributed by atoms with E-state index < -0.39 is 0 Å². The number of pyridine rings is 2. The lowest BCUT2D eigenvalue weighted by Crippen LogP contribution is -2.40. The van der Waals surface area contributed by atoms with Gasteiger partial charge in [-0.3, -0.25) is 9.69 Å². The number of carbonyl (C=O) groups excluding carboxylic acids is 1. The smallest absolute Gasteiger partial charge is 0.229 e.